The van der Waals surface area contributed by atoms with Crippen molar-refractivity contribution in [2.75, 3.05) is 51.4 Å². The number of anilines is 1. The molecule has 2 bridgehead atoms. The molecule has 4 aliphatic rings. The average molecular weight is 815 g/mol. The van der Waals surface area contributed by atoms with Crippen LogP contribution in [0.2, 0.25) is 16.6 Å². The number of hydrogen-bond donors (Lipinski definition) is 2. The minimum Gasteiger partial charge on any atom is -0.508 e. The summed E-state index contributed by atoms with van der Waals surface area (Å²) in [6, 6.07) is 6.12. The Bertz CT molecular complexity index is 2260. The molecule has 8 rings (SSSR count). The van der Waals surface area contributed by atoms with Gasteiger partial charge in [-0.05, 0) is 78.9 Å². The van der Waals surface area contributed by atoms with Gasteiger partial charge in [0.2, 0.25) is 0 Å². The van der Waals surface area contributed by atoms with Crippen molar-refractivity contribution in [3.8, 4) is 34.5 Å². The molecule has 2 N–H and O–H groups in total. The fourth-order valence-electron chi connectivity index (χ4n) is 11.2. The molecule has 58 heavy (non-hydrogen) atoms. The number of pyridine rings is 1. The van der Waals surface area contributed by atoms with E-state index in [1.54, 1.807) is 25.4 Å². The maximum Gasteiger partial charge on any atom is 0.319 e. The summed E-state index contributed by atoms with van der Waals surface area (Å²) in [7, 11) is -0.588. The Labute approximate surface area is 341 Å². The Morgan fingerprint density at radius 3 is 2.57 bits per heavy atom. The van der Waals surface area contributed by atoms with Gasteiger partial charge in [0.25, 0.3) is 0 Å². The number of fused-ring (bicyclic) bond motifs is 5. The Balaban J connectivity index is 1.29. The molecule has 4 fully saturated rings. The number of methoxy groups -OCH3 is 1. The molecule has 2 aromatic heterocycles. The first-order valence-corrected chi connectivity index (χ1v) is 23.3. The second-order valence-electron chi connectivity index (χ2n) is 18.3. The highest BCUT2D eigenvalue weighted by Crippen LogP contribution is 2.44. The van der Waals surface area contributed by atoms with E-state index < -0.39 is 31.4 Å². The van der Waals surface area contributed by atoms with Crippen LogP contribution in [0.1, 0.15) is 85.6 Å². The van der Waals surface area contributed by atoms with Crippen LogP contribution in [0.15, 0.2) is 30.5 Å². The van der Waals surface area contributed by atoms with Gasteiger partial charge in [0.1, 0.15) is 49.4 Å². The fraction of sp³-hybridized carbons (Fsp3) is 0.578. The van der Waals surface area contributed by atoms with Crippen molar-refractivity contribution in [3.05, 3.63) is 47.7 Å². The first-order valence-electron chi connectivity index (χ1n) is 21.1. The summed E-state index contributed by atoms with van der Waals surface area (Å²) in [6.07, 6.45) is 5.56. The molecule has 0 amide bonds. The minimum absolute atomic E-state index is 0.00349. The van der Waals surface area contributed by atoms with E-state index in [1.165, 1.54) is 12.1 Å². The van der Waals surface area contributed by atoms with E-state index in [0.717, 1.165) is 38.6 Å². The number of aromatic nitrogens is 3. The number of halogens is 3. The molecular weight excluding hydrogens is 758 g/mol. The third-order valence-corrected chi connectivity index (χ3v) is 20.2. The van der Waals surface area contributed by atoms with E-state index >= 15 is 8.78 Å². The molecule has 13 heteroatoms. The maximum atomic E-state index is 17.6. The predicted molar refractivity (Wildman–Crippen MR) is 226 cm³/mol. The van der Waals surface area contributed by atoms with Crippen LogP contribution in [0, 0.1) is 23.1 Å². The molecule has 6 heterocycles. The quantitative estimate of drug-likeness (QED) is 0.114. The standard InChI is InChI=1S/C45H57F3N6O3Si/c1-27(2)58(28(3)4,29(5)6)18-12-34-37(47)10-9-30-19-33(55)20-35(38(30)34)40-39(48)41-36(22-49-40)42(53-24-32-11-14-44(25-53,52-32)15-17-56-7)51-43(50-41)57-26-45-13-8-16-54(45)23-31(46)21-45/h9-10,19-20,22,27-29,31-32,52,55H,8,11,13-17,21,23-26H2,1-7H3/t31-,32?,44?,45+/m1/s1. The van der Waals surface area contributed by atoms with Gasteiger partial charge in [0, 0.05) is 68.5 Å². The smallest absolute Gasteiger partial charge is 0.319 e. The summed E-state index contributed by atoms with van der Waals surface area (Å²) in [6.45, 7) is 16.4. The van der Waals surface area contributed by atoms with Crippen molar-refractivity contribution < 1.29 is 27.8 Å². The molecule has 0 aliphatic carbocycles. The second-order valence-corrected chi connectivity index (χ2v) is 23.9. The first-order chi connectivity index (χ1) is 27.7. The maximum absolute atomic E-state index is 17.6. The van der Waals surface area contributed by atoms with E-state index in [-0.39, 0.29) is 52.3 Å². The number of piperazine rings is 1. The topological polar surface area (TPSA) is 95.9 Å². The molecule has 9 nitrogen and oxygen atoms in total. The molecule has 2 aromatic carbocycles. The normalized spacial score (nSPS) is 24.7. The van der Waals surface area contributed by atoms with Crippen molar-refractivity contribution in [2.24, 2.45) is 0 Å². The van der Waals surface area contributed by atoms with Gasteiger partial charge in [-0.3, -0.25) is 9.88 Å². The number of aromatic hydroxyl groups is 1. The van der Waals surface area contributed by atoms with Gasteiger partial charge in [-0.15, -0.1) is 5.54 Å². The summed E-state index contributed by atoms with van der Waals surface area (Å²) in [5, 5.41) is 16.1. The Morgan fingerprint density at radius 2 is 1.83 bits per heavy atom. The zero-order chi connectivity index (χ0) is 41.1. The molecule has 2 unspecified atom stereocenters. The number of hydrogen-bond acceptors (Lipinski definition) is 9. The summed E-state index contributed by atoms with van der Waals surface area (Å²) >= 11 is 0. The lowest BCUT2D eigenvalue weighted by Crippen LogP contribution is -2.60. The van der Waals surface area contributed by atoms with Gasteiger partial charge < -0.3 is 24.8 Å². The fourth-order valence-corrected chi connectivity index (χ4v) is 16.4. The summed E-state index contributed by atoms with van der Waals surface area (Å²) in [5.41, 5.74) is 4.21. The van der Waals surface area contributed by atoms with Gasteiger partial charge in [-0.1, -0.05) is 53.5 Å². The molecule has 310 valence electrons. The lowest BCUT2D eigenvalue weighted by Gasteiger charge is -2.42. The van der Waals surface area contributed by atoms with E-state index in [9.17, 15) is 9.50 Å². The van der Waals surface area contributed by atoms with Crippen molar-refractivity contribution >= 4 is 35.6 Å². The third-order valence-electron chi connectivity index (χ3n) is 14.0. The predicted octanol–water partition coefficient (Wildman–Crippen LogP) is 8.70. The second kappa shape index (κ2) is 15.6. The van der Waals surface area contributed by atoms with Crippen molar-refractivity contribution in [1.82, 2.24) is 25.2 Å². The largest absolute Gasteiger partial charge is 0.508 e. The SMILES string of the molecule is COCCC12CCC(CN(c3nc(OC[C@@]45CCCN4C[C@H](F)C5)nc4c(F)c(-c5cc(O)cc6ccc(F)c(C#C[Si](C(C)C)(C(C)C)C(C)C)c56)ncc34)C1)N2. The molecular formula is C45H57F3N6O3Si. The van der Waals surface area contributed by atoms with Crippen molar-refractivity contribution in [3.63, 3.8) is 0 Å². The van der Waals surface area contributed by atoms with Crippen LogP contribution in [0.3, 0.4) is 0 Å². The third kappa shape index (κ3) is 7.01. The Kier molecular flexibility index (Phi) is 11.0. The minimum atomic E-state index is -2.29. The first kappa shape index (κ1) is 40.8. The number of benzene rings is 2. The summed E-state index contributed by atoms with van der Waals surface area (Å²) < 4.78 is 60.3. The monoisotopic (exact) mass is 814 g/mol. The highest BCUT2D eigenvalue weighted by molar-refractivity contribution is 6.90. The number of nitrogens with one attached hydrogen (secondary N) is 1. The lowest BCUT2D eigenvalue weighted by molar-refractivity contribution is 0.107. The number of ether oxygens (including phenoxy) is 2. The zero-order valence-electron chi connectivity index (χ0n) is 34.9. The highest BCUT2D eigenvalue weighted by atomic mass is 28.3. The van der Waals surface area contributed by atoms with Crippen molar-refractivity contribution in [2.45, 2.75) is 120 Å². The molecule has 4 aliphatic heterocycles. The number of alkyl halides is 1. The molecule has 4 aromatic rings. The van der Waals surface area contributed by atoms with Gasteiger partial charge >= 0.3 is 6.01 Å². The van der Waals surface area contributed by atoms with Crippen molar-refractivity contribution in [1.29, 1.82) is 0 Å². The molecule has 0 spiro atoms. The molecule has 4 atom stereocenters. The van der Waals surface area contributed by atoms with Gasteiger partial charge in [0.05, 0.1) is 16.5 Å². The number of phenols is 1. The van der Waals surface area contributed by atoms with Crippen LogP contribution in [-0.2, 0) is 4.74 Å². The zero-order valence-corrected chi connectivity index (χ0v) is 35.9. The van der Waals surface area contributed by atoms with E-state index in [1.807, 2.05) is 0 Å². The number of phenolic OH excluding ortho intramolecular Hbond substituents is 1. The van der Waals surface area contributed by atoms with Crippen LogP contribution in [0.25, 0.3) is 32.9 Å². The molecule has 0 radical (unpaired) electrons. The van der Waals surface area contributed by atoms with Gasteiger partial charge in [0.15, 0.2) is 5.82 Å². The Morgan fingerprint density at radius 1 is 1.05 bits per heavy atom. The Hall–Kier alpha value is -3.96. The van der Waals surface area contributed by atoms with E-state index in [4.69, 9.17) is 24.4 Å². The molecule has 0 saturated carbocycles. The number of rotatable bonds is 11. The summed E-state index contributed by atoms with van der Waals surface area (Å²) in [4.78, 5) is 18.7. The highest BCUT2D eigenvalue weighted by Gasteiger charge is 2.50. The van der Waals surface area contributed by atoms with Crippen LogP contribution in [0.5, 0.6) is 11.8 Å². The van der Waals surface area contributed by atoms with Crippen LogP contribution in [0.4, 0.5) is 19.0 Å². The van der Waals surface area contributed by atoms with Crippen LogP contribution in [-0.4, -0.2) is 103 Å². The summed E-state index contributed by atoms with van der Waals surface area (Å²) in [5.74, 6) is 2.43. The van der Waals surface area contributed by atoms with Crippen LogP contribution < -0.4 is 15.0 Å². The van der Waals surface area contributed by atoms with Crippen LogP contribution >= 0.6 is 0 Å². The van der Waals surface area contributed by atoms with E-state index in [0.29, 0.717) is 71.3 Å². The van der Waals surface area contributed by atoms with Gasteiger partial charge in [-0.25, -0.2) is 13.2 Å². The molecule has 4 saturated heterocycles. The van der Waals surface area contributed by atoms with E-state index in [2.05, 4.69) is 68.1 Å². The lowest BCUT2D eigenvalue weighted by atomic mass is 9.93. The average Bonchev–Trinajstić information content (AvgIpc) is 3.81. The van der Waals surface area contributed by atoms with Gasteiger partial charge in [-0.2, -0.15) is 9.97 Å². The number of nitrogens with zero attached hydrogens (tertiary/aromatic N) is 5.